The van der Waals surface area contributed by atoms with E-state index in [9.17, 15) is 4.79 Å². The van der Waals surface area contributed by atoms with E-state index in [2.05, 4.69) is 20.8 Å². The molecule has 0 spiro atoms. The van der Waals surface area contributed by atoms with Gasteiger partial charge in [0.2, 0.25) is 6.04 Å². The molecule has 1 aliphatic heterocycles. The highest BCUT2D eigenvalue weighted by atomic mass is 16.2. The molecule has 0 aliphatic carbocycles. The quantitative estimate of drug-likeness (QED) is 0.686. The monoisotopic (exact) mass is 203 g/mol. The van der Waals surface area contributed by atoms with Crippen molar-refractivity contribution in [1.82, 2.24) is 5.43 Å². The first-order valence-electron chi connectivity index (χ1n) is 4.36. The summed E-state index contributed by atoms with van der Waals surface area (Å²) in [4.78, 5) is 11.1. The number of carbonyl (C=O) groups is 1. The maximum absolute atomic E-state index is 11.1. The molecule has 1 aliphatic rings. The van der Waals surface area contributed by atoms with Gasteiger partial charge >= 0.3 is 0 Å². The van der Waals surface area contributed by atoms with Gasteiger partial charge in [0.25, 0.3) is 5.91 Å². The van der Waals surface area contributed by atoms with E-state index in [4.69, 9.17) is 5.73 Å². The highest BCUT2D eigenvalue weighted by Crippen LogP contribution is 2.12. The van der Waals surface area contributed by atoms with Crippen LogP contribution in [0.4, 0.5) is 5.69 Å². The Hall–Kier alpha value is -2.24. The van der Waals surface area contributed by atoms with Crippen molar-refractivity contribution in [2.75, 3.05) is 0 Å². The molecule has 1 amide bonds. The lowest BCUT2D eigenvalue weighted by atomic mass is 10.3. The number of rotatable bonds is 2. The number of nitrogens with one attached hydrogen (secondary N) is 1. The van der Waals surface area contributed by atoms with Crippen LogP contribution in [0.1, 0.15) is 0 Å². The Balaban J connectivity index is 2.12. The first kappa shape index (κ1) is 9.32. The van der Waals surface area contributed by atoms with Gasteiger partial charge in [-0.1, -0.05) is 18.2 Å². The molecule has 1 aromatic carbocycles. The lowest BCUT2D eigenvalue weighted by molar-refractivity contribution is -0.120. The van der Waals surface area contributed by atoms with E-state index in [1.54, 1.807) is 12.1 Å². The second-order valence-electron chi connectivity index (χ2n) is 2.97. The maximum Gasteiger partial charge on any atom is 0.274 e. The average molecular weight is 203 g/mol. The van der Waals surface area contributed by atoms with Gasteiger partial charge in [0.1, 0.15) is 0 Å². The van der Waals surface area contributed by atoms with Crippen LogP contribution >= 0.6 is 0 Å². The van der Waals surface area contributed by atoms with Crippen molar-refractivity contribution < 1.29 is 4.79 Å². The van der Waals surface area contributed by atoms with Crippen molar-refractivity contribution in [3.63, 3.8) is 0 Å². The van der Waals surface area contributed by atoms with Crippen molar-refractivity contribution >= 4 is 17.4 Å². The van der Waals surface area contributed by atoms with E-state index in [-0.39, 0.29) is 11.7 Å². The van der Waals surface area contributed by atoms with E-state index < -0.39 is 6.04 Å². The number of nitrogens with zero attached hydrogens (tertiary/aromatic N) is 3. The summed E-state index contributed by atoms with van der Waals surface area (Å²) >= 11 is 0. The predicted molar refractivity (Wildman–Crippen MR) is 54.5 cm³/mol. The molecular weight excluding hydrogens is 194 g/mol. The van der Waals surface area contributed by atoms with Gasteiger partial charge in [-0.25, -0.2) is 5.43 Å². The van der Waals surface area contributed by atoms with Gasteiger partial charge in [-0.15, -0.1) is 0 Å². The maximum atomic E-state index is 11.1. The molecule has 0 radical (unpaired) electrons. The summed E-state index contributed by atoms with van der Waals surface area (Å²) in [6, 6.07) is 8.30. The van der Waals surface area contributed by atoms with E-state index in [1.807, 2.05) is 18.2 Å². The Morgan fingerprint density at radius 2 is 2.07 bits per heavy atom. The number of nitrogens with two attached hydrogens (primary N) is 1. The molecule has 15 heavy (non-hydrogen) atoms. The summed E-state index contributed by atoms with van der Waals surface area (Å²) in [7, 11) is 0. The fraction of sp³-hybridized carbons (Fsp3) is 0.111. The van der Waals surface area contributed by atoms with Gasteiger partial charge in [0, 0.05) is 0 Å². The summed E-state index contributed by atoms with van der Waals surface area (Å²) in [5.41, 5.74) is 8.34. The summed E-state index contributed by atoms with van der Waals surface area (Å²) in [5, 5.41) is 11.3. The third-order valence-corrected chi connectivity index (χ3v) is 1.87. The van der Waals surface area contributed by atoms with Gasteiger partial charge in [-0.3, -0.25) is 4.79 Å². The number of carbonyl (C=O) groups excluding carboxylic acids is 1. The molecule has 2 rings (SSSR count). The van der Waals surface area contributed by atoms with Gasteiger partial charge in [-0.2, -0.15) is 15.3 Å². The highest BCUT2D eigenvalue weighted by molar-refractivity contribution is 6.10. The minimum atomic E-state index is -0.801. The Kier molecular flexibility index (Phi) is 2.40. The predicted octanol–water partition coefficient (Wildman–Crippen LogP) is 0.541. The molecule has 6 nitrogen and oxygen atoms in total. The third-order valence-electron chi connectivity index (χ3n) is 1.87. The van der Waals surface area contributed by atoms with E-state index in [0.717, 1.165) is 0 Å². The van der Waals surface area contributed by atoms with Crippen molar-refractivity contribution in [1.29, 1.82) is 0 Å². The van der Waals surface area contributed by atoms with Crippen LogP contribution in [-0.2, 0) is 4.79 Å². The molecule has 0 saturated carbocycles. The van der Waals surface area contributed by atoms with Crippen molar-refractivity contribution in [3.8, 4) is 0 Å². The Bertz CT molecular complexity index is 425. The van der Waals surface area contributed by atoms with E-state index >= 15 is 0 Å². The molecule has 0 unspecified atom stereocenters. The first-order valence-corrected chi connectivity index (χ1v) is 4.36. The Labute approximate surface area is 85.9 Å². The smallest absolute Gasteiger partial charge is 0.274 e. The van der Waals surface area contributed by atoms with Crippen molar-refractivity contribution in [3.05, 3.63) is 30.3 Å². The fourth-order valence-corrected chi connectivity index (χ4v) is 1.11. The summed E-state index contributed by atoms with van der Waals surface area (Å²) in [6.45, 7) is 0. The van der Waals surface area contributed by atoms with Gasteiger partial charge in [-0.05, 0) is 12.1 Å². The summed E-state index contributed by atoms with van der Waals surface area (Å²) in [5.74, 6) is -0.216. The molecule has 76 valence electrons. The average Bonchev–Trinajstić information content (AvgIpc) is 2.58. The molecule has 0 fully saturated rings. The number of amides is 1. The fourth-order valence-electron chi connectivity index (χ4n) is 1.11. The minimum Gasteiger partial charge on any atom is -0.383 e. The van der Waals surface area contributed by atoms with Gasteiger partial charge in [0.05, 0.1) is 5.69 Å². The number of hydrogen-bond acceptors (Lipinski definition) is 5. The van der Waals surface area contributed by atoms with Crippen LogP contribution in [0.3, 0.4) is 0 Å². The SMILES string of the molecule is NC1=NNC(=O)[C@H]1N=Nc1ccccc1. The zero-order valence-corrected chi connectivity index (χ0v) is 7.79. The molecule has 0 bridgehead atoms. The normalized spacial score (nSPS) is 20.4. The molecule has 0 saturated heterocycles. The molecule has 6 heteroatoms. The largest absolute Gasteiger partial charge is 0.383 e. The number of benzene rings is 1. The molecule has 1 heterocycles. The molecule has 3 N–H and O–H groups in total. The van der Waals surface area contributed by atoms with E-state index in [1.165, 1.54) is 0 Å². The molecule has 1 atom stereocenters. The Morgan fingerprint density at radius 1 is 1.33 bits per heavy atom. The Morgan fingerprint density at radius 3 is 2.67 bits per heavy atom. The highest BCUT2D eigenvalue weighted by Gasteiger charge is 2.27. The van der Waals surface area contributed by atoms with Crippen LogP contribution in [0.25, 0.3) is 0 Å². The second-order valence-corrected chi connectivity index (χ2v) is 2.97. The third kappa shape index (κ3) is 1.98. The molecular formula is C9H9N5O. The zero-order valence-electron chi connectivity index (χ0n) is 7.79. The van der Waals surface area contributed by atoms with Gasteiger partial charge in [0.15, 0.2) is 5.84 Å². The standard InChI is InChI=1S/C9H9N5O/c10-8-7(9(15)14-13-8)12-11-6-4-2-1-3-5-6/h1-5,7H,(H2,10,13)(H,14,15)/t7-/m0/s1. The lowest BCUT2D eigenvalue weighted by Gasteiger charge is -1.97. The number of hydrazone groups is 1. The molecule has 0 aromatic heterocycles. The van der Waals surface area contributed by atoms with Crippen LogP contribution in [0, 0.1) is 0 Å². The summed E-state index contributed by atoms with van der Waals surface area (Å²) in [6.07, 6.45) is 0. The van der Waals surface area contributed by atoms with Crippen LogP contribution in [0.15, 0.2) is 45.7 Å². The van der Waals surface area contributed by atoms with E-state index in [0.29, 0.717) is 5.69 Å². The number of amidine groups is 1. The number of azo groups is 1. The van der Waals surface area contributed by atoms with Crippen LogP contribution in [0.2, 0.25) is 0 Å². The first-order chi connectivity index (χ1) is 7.27. The second kappa shape index (κ2) is 3.87. The molecule has 1 aromatic rings. The van der Waals surface area contributed by atoms with Crippen LogP contribution in [0.5, 0.6) is 0 Å². The van der Waals surface area contributed by atoms with Gasteiger partial charge < -0.3 is 5.73 Å². The van der Waals surface area contributed by atoms with Crippen LogP contribution < -0.4 is 11.2 Å². The topological polar surface area (TPSA) is 92.2 Å². The number of hydrogen-bond donors (Lipinski definition) is 2. The minimum absolute atomic E-state index is 0.139. The summed E-state index contributed by atoms with van der Waals surface area (Å²) < 4.78 is 0. The van der Waals surface area contributed by atoms with Crippen molar-refractivity contribution in [2.45, 2.75) is 6.04 Å². The zero-order chi connectivity index (χ0) is 10.7. The van der Waals surface area contributed by atoms with Crippen LogP contribution in [-0.4, -0.2) is 17.8 Å². The van der Waals surface area contributed by atoms with Crippen molar-refractivity contribution in [2.24, 2.45) is 21.1 Å². The lowest BCUT2D eigenvalue weighted by Crippen LogP contribution is -2.31.